The minimum Gasteiger partial charge on any atom is -0.341 e. The fourth-order valence-electron chi connectivity index (χ4n) is 3.38. The first-order chi connectivity index (χ1) is 15.0. The number of benzene rings is 1. The highest BCUT2D eigenvalue weighted by atomic mass is 35.5. The quantitative estimate of drug-likeness (QED) is 0.499. The molecule has 1 amide bonds. The summed E-state index contributed by atoms with van der Waals surface area (Å²) in [6.45, 7) is 3.72. The van der Waals surface area contributed by atoms with E-state index in [0.717, 1.165) is 37.6 Å². The number of anilines is 2. The molecule has 1 atom stereocenters. The maximum absolute atomic E-state index is 12.8. The van der Waals surface area contributed by atoms with Crippen LogP contribution in [0.4, 0.5) is 11.8 Å². The smallest absolute Gasteiger partial charge is 0.238 e. The van der Waals surface area contributed by atoms with E-state index >= 15 is 0 Å². The number of nitrogens with zero attached hydrogens (tertiary/aromatic N) is 5. The zero-order valence-electron chi connectivity index (χ0n) is 17.0. The van der Waals surface area contributed by atoms with Crippen LogP contribution in [0, 0.1) is 0 Å². The van der Waals surface area contributed by atoms with Gasteiger partial charge in [0.05, 0.1) is 21.0 Å². The van der Waals surface area contributed by atoms with Crippen molar-refractivity contribution in [2.24, 2.45) is 0 Å². The Bertz CT molecular complexity index is 1060. The van der Waals surface area contributed by atoms with Crippen LogP contribution in [0.1, 0.15) is 26.2 Å². The number of nitrogens with one attached hydrogen (secondary N) is 1. The van der Waals surface area contributed by atoms with Crippen molar-refractivity contribution in [1.82, 2.24) is 19.7 Å². The molecule has 0 bridgehead atoms. The van der Waals surface area contributed by atoms with Crippen molar-refractivity contribution in [3.8, 4) is 5.69 Å². The van der Waals surface area contributed by atoms with Crippen LogP contribution in [0.15, 0.2) is 47.8 Å². The van der Waals surface area contributed by atoms with Gasteiger partial charge >= 0.3 is 0 Å². The molecule has 1 saturated heterocycles. The largest absolute Gasteiger partial charge is 0.341 e. The third-order valence-electron chi connectivity index (χ3n) is 4.97. The summed E-state index contributed by atoms with van der Waals surface area (Å²) in [6.07, 6.45) is 4.95. The Morgan fingerprint density at radius 1 is 1.13 bits per heavy atom. The van der Waals surface area contributed by atoms with Gasteiger partial charge < -0.3 is 10.2 Å². The van der Waals surface area contributed by atoms with Gasteiger partial charge in [0.2, 0.25) is 11.9 Å². The van der Waals surface area contributed by atoms with Crippen LogP contribution in [0.25, 0.3) is 5.69 Å². The Morgan fingerprint density at radius 2 is 1.87 bits per heavy atom. The SMILES string of the molecule is CC(Sc1nnc(N2CCCCC2)n1-c1ccccc1)C(=O)Nc1ncc(Cl)cc1Cl. The van der Waals surface area contributed by atoms with Gasteiger partial charge in [0.1, 0.15) is 0 Å². The molecule has 162 valence electrons. The van der Waals surface area contributed by atoms with E-state index in [9.17, 15) is 4.79 Å². The number of piperidine rings is 1. The first kappa shape index (κ1) is 21.9. The van der Waals surface area contributed by atoms with Gasteiger partial charge in [-0.1, -0.05) is 53.2 Å². The zero-order valence-corrected chi connectivity index (χ0v) is 19.3. The van der Waals surface area contributed by atoms with Gasteiger partial charge in [0, 0.05) is 19.3 Å². The van der Waals surface area contributed by atoms with Crippen LogP contribution in [0.2, 0.25) is 10.0 Å². The number of aromatic nitrogens is 4. The Labute approximate surface area is 195 Å². The molecule has 10 heteroatoms. The molecule has 0 aliphatic carbocycles. The maximum Gasteiger partial charge on any atom is 0.238 e. The highest BCUT2D eigenvalue weighted by molar-refractivity contribution is 8.00. The molecule has 3 aromatic rings. The number of hydrogen-bond acceptors (Lipinski definition) is 6. The summed E-state index contributed by atoms with van der Waals surface area (Å²) in [5.41, 5.74) is 0.964. The third-order valence-corrected chi connectivity index (χ3v) is 6.51. The molecule has 1 aromatic carbocycles. The first-order valence-corrected chi connectivity index (χ1v) is 11.7. The second-order valence-electron chi connectivity index (χ2n) is 7.23. The van der Waals surface area contributed by atoms with Crippen LogP contribution in [0.5, 0.6) is 0 Å². The second-order valence-corrected chi connectivity index (χ2v) is 9.39. The van der Waals surface area contributed by atoms with E-state index in [0.29, 0.717) is 10.2 Å². The molecule has 1 fully saturated rings. The second kappa shape index (κ2) is 9.89. The van der Waals surface area contributed by atoms with E-state index in [2.05, 4.69) is 25.4 Å². The fraction of sp³-hybridized carbons (Fsp3) is 0.333. The lowest BCUT2D eigenvalue weighted by Gasteiger charge is -2.28. The van der Waals surface area contributed by atoms with E-state index in [1.165, 1.54) is 24.4 Å². The maximum atomic E-state index is 12.8. The van der Waals surface area contributed by atoms with E-state index in [4.69, 9.17) is 23.2 Å². The molecule has 0 spiro atoms. The lowest BCUT2D eigenvalue weighted by atomic mass is 10.1. The third kappa shape index (κ3) is 5.14. The molecular formula is C21H22Cl2N6OS. The highest BCUT2D eigenvalue weighted by Crippen LogP contribution is 2.31. The normalized spacial score (nSPS) is 15.0. The fourth-order valence-corrected chi connectivity index (χ4v) is 4.67. The number of hydrogen-bond donors (Lipinski definition) is 1. The number of carbonyl (C=O) groups excluding carboxylic acids is 1. The van der Waals surface area contributed by atoms with Crippen molar-refractivity contribution in [2.45, 2.75) is 36.6 Å². The van der Waals surface area contributed by atoms with Crippen LogP contribution in [-0.2, 0) is 4.79 Å². The van der Waals surface area contributed by atoms with Crippen molar-refractivity contribution in [2.75, 3.05) is 23.3 Å². The van der Waals surface area contributed by atoms with Crippen molar-refractivity contribution >= 4 is 52.6 Å². The summed E-state index contributed by atoms with van der Waals surface area (Å²) >= 11 is 13.4. The van der Waals surface area contributed by atoms with Gasteiger partial charge in [-0.2, -0.15) is 0 Å². The van der Waals surface area contributed by atoms with Gasteiger partial charge in [-0.25, -0.2) is 4.98 Å². The van der Waals surface area contributed by atoms with Crippen molar-refractivity contribution in [3.63, 3.8) is 0 Å². The molecule has 1 unspecified atom stereocenters. The molecule has 7 nitrogen and oxygen atoms in total. The number of pyridine rings is 1. The summed E-state index contributed by atoms with van der Waals surface area (Å²) < 4.78 is 2.02. The van der Waals surface area contributed by atoms with Gasteiger partial charge in [0.25, 0.3) is 0 Å². The van der Waals surface area contributed by atoms with Gasteiger partial charge in [-0.3, -0.25) is 9.36 Å². The predicted molar refractivity (Wildman–Crippen MR) is 126 cm³/mol. The summed E-state index contributed by atoms with van der Waals surface area (Å²) in [5.74, 6) is 0.856. The van der Waals surface area contributed by atoms with Crippen molar-refractivity contribution < 1.29 is 4.79 Å². The van der Waals surface area contributed by atoms with E-state index in [1.807, 2.05) is 41.8 Å². The molecular weight excluding hydrogens is 455 g/mol. The average molecular weight is 477 g/mol. The minimum atomic E-state index is -0.450. The van der Waals surface area contributed by atoms with Crippen LogP contribution >= 0.6 is 35.0 Å². The molecule has 3 heterocycles. The number of carbonyl (C=O) groups is 1. The molecule has 31 heavy (non-hydrogen) atoms. The summed E-state index contributed by atoms with van der Waals surface area (Å²) in [5, 5.41) is 12.6. The van der Waals surface area contributed by atoms with Crippen LogP contribution < -0.4 is 10.2 Å². The number of halogens is 2. The molecule has 1 aliphatic heterocycles. The Kier molecular flexibility index (Phi) is 6.99. The number of amides is 1. The Balaban J connectivity index is 1.57. The topological polar surface area (TPSA) is 75.9 Å². The Morgan fingerprint density at radius 3 is 2.58 bits per heavy atom. The molecule has 0 saturated carbocycles. The van der Waals surface area contributed by atoms with Crippen molar-refractivity contribution in [3.05, 3.63) is 52.6 Å². The average Bonchev–Trinajstić information content (AvgIpc) is 3.20. The summed E-state index contributed by atoms with van der Waals surface area (Å²) in [6, 6.07) is 11.5. The molecule has 4 rings (SSSR count). The minimum absolute atomic E-state index is 0.233. The van der Waals surface area contributed by atoms with E-state index in [-0.39, 0.29) is 16.7 Å². The molecule has 2 aromatic heterocycles. The van der Waals surface area contributed by atoms with Crippen molar-refractivity contribution in [1.29, 1.82) is 0 Å². The summed E-state index contributed by atoms with van der Waals surface area (Å²) in [4.78, 5) is 19.1. The van der Waals surface area contributed by atoms with Crippen LogP contribution in [0.3, 0.4) is 0 Å². The number of rotatable bonds is 6. The van der Waals surface area contributed by atoms with Gasteiger partial charge in [-0.15, -0.1) is 10.2 Å². The van der Waals surface area contributed by atoms with Gasteiger partial charge in [0.15, 0.2) is 11.0 Å². The standard InChI is InChI=1S/C21H22Cl2N6OS/c1-14(19(30)25-18-17(23)12-15(22)13-24-18)31-21-27-26-20(28-10-6-3-7-11-28)29(21)16-8-4-2-5-9-16/h2,4-5,8-9,12-14H,3,6-7,10-11H2,1H3,(H,24,25,30). The highest BCUT2D eigenvalue weighted by Gasteiger charge is 2.25. The molecule has 1 aliphatic rings. The van der Waals surface area contributed by atoms with Crippen LogP contribution in [-0.4, -0.2) is 44.0 Å². The summed E-state index contributed by atoms with van der Waals surface area (Å²) in [7, 11) is 0. The predicted octanol–water partition coefficient (Wildman–Crippen LogP) is 5.08. The monoisotopic (exact) mass is 476 g/mol. The number of thioether (sulfide) groups is 1. The lowest BCUT2D eigenvalue weighted by molar-refractivity contribution is -0.115. The Hall–Kier alpha value is -2.29. The zero-order chi connectivity index (χ0) is 21.8. The molecule has 0 radical (unpaired) electrons. The van der Waals surface area contributed by atoms with E-state index < -0.39 is 5.25 Å². The number of para-hydroxylation sites is 1. The molecule has 1 N–H and O–H groups in total. The van der Waals surface area contributed by atoms with Gasteiger partial charge in [-0.05, 0) is 44.4 Å². The first-order valence-electron chi connectivity index (χ1n) is 10.1. The van der Waals surface area contributed by atoms with E-state index in [1.54, 1.807) is 6.07 Å². The lowest BCUT2D eigenvalue weighted by Crippen LogP contribution is -2.31.